The van der Waals surface area contributed by atoms with E-state index in [0.29, 0.717) is 0 Å². The Kier molecular flexibility index (Phi) is 12.6. The second-order valence-corrected chi connectivity index (χ2v) is 9.91. The molecule has 0 aliphatic rings. The van der Waals surface area contributed by atoms with Crippen molar-refractivity contribution in [3.8, 4) is 0 Å². The van der Waals surface area contributed by atoms with Gasteiger partial charge in [0.05, 0.1) is 25.1 Å². The maximum Gasteiger partial charge on any atom is 0.508 e. The molecule has 0 spiro atoms. The summed E-state index contributed by atoms with van der Waals surface area (Å²) < 4.78 is 39.7. The molecular weight excluding hydrogens is 434 g/mol. The molecule has 12 heteroatoms. The van der Waals surface area contributed by atoms with Crippen molar-refractivity contribution >= 4 is 28.1 Å². The van der Waals surface area contributed by atoms with Crippen molar-refractivity contribution in [2.45, 2.75) is 66.1 Å². The number of aliphatic carboxylic acids is 1. The van der Waals surface area contributed by atoms with E-state index in [1.807, 2.05) is 13.8 Å². The van der Waals surface area contributed by atoms with Crippen LogP contribution in [0.25, 0.3) is 0 Å². The third-order valence-corrected chi connectivity index (χ3v) is 5.66. The van der Waals surface area contributed by atoms with E-state index in [-0.39, 0.29) is 50.8 Å². The third kappa shape index (κ3) is 12.5. The highest BCUT2D eigenvalue weighted by atomic mass is 32.2. The maximum atomic E-state index is 12.3. The van der Waals surface area contributed by atoms with E-state index in [2.05, 4.69) is 5.32 Å². The van der Waals surface area contributed by atoms with E-state index < -0.39 is 45.6 Å². The molecule has 0 heterocycles. The van der Waals surface area contributed by atoms with E-state index >= 15 is 0 Å². The Bertz CT molecular complexity index is 690. The summed E-state index contributed by atoms with van der Waals surface area (Å²) in [5.41, 5.74) is -1.46. The van der Waals surface area contributed by atoms with Crippen molar-refractivity contribution in [1.29, 1.82) is 0 Å². The molecule has 0 aliphatic carbocycles. The van der Waals surface area contributed by atoms with Crippen molar-refractivity contribution in [2.75, 3.05) is 25.5 Å². The fraction of sp³-hybridized carbons (Fsp3) is 0.842. The number of carboxylic acids is 1. The molecule has 0 bridgehead atoms. The predicted molar refractivity (Wildman–Crippen MR) is 111 cm³/mol. The van der Waals surface area contributed by atoms with Gasteiger partial charge in [-0.3, -0.25) is 8.98 Å². The summed E-state index contributed by atoms with van der Waals surface area (Å²) in [4.78, 5) is 33.6. The van der Waals surface area contributed by atoms with Gasteiger partial charge in [-0.15, -0.1) is 0 Å². The first kappa shape index (κ1) is 29.1. The second-order valence-electron chi connectivity index (χ2n) is 8.19. The van der Waals surface area contributed by atoms with Gasteiger partial charge < -0.3 is 25.0 Å². The Morgan fingerprint density at radius 1 is 1.10 bits per heavy atom. The Morgan fingerprint density at radius 3 is 2.23 bits per heavy atom. The quantitative estimate of drug-likeness (QED) is 0.181. The van der Waals surface area contributed by atoms with Crippen LogP contribution in [0, 0.1) is 11.3 Å². The first-order valence-electron chi connectivity index (χ1n) is 10.0. The topological polar surface area (TPSA) is 166 Å². The first-order valence-corrected chi connectivity index (χ1v) is 11.6. The van der Waals surface area contributed by atoms with Crippen molar-refractivity contribution in [1.82, 2.24) is 5.32 Å². The summed E-state index contributed by atoms with van der Waals surface area (Å²) in [5, 5.41) is 21.7. The fourth-order valence-corrected chi connectivity index (χ4v) is 3.77. The predicted octanol–water partition coefficient (Wildman–Crippen LogP) is 1.29. The van der Waals surface area contributed by atoms with Gasteiger partial charge >= 0.3 is 12.1 Å². The normalized spacial score (nSPS) is 14.0. The monoisotopic (exact) mass is 469 g/mol. The largest absolute Gasteiger partial charge is 0.508 e. The van der Waals surface area contributed by atoms with Crippen LogP contribution in [0.1, 0.15) is 53.9 Å². The summed E-state index contributed by atoms with van der Waals surface area (Å²) in [7, 11) is -4.08. The molecule has 0 saturated heterocycles. The molecule has 1 amide bonds. The number of carbonyl (C=O) groups is 3. The summed E-state index contributed by atoms with van der Waals surface area (Å²) in [6.07, 6.45) is -3.69. The van der Waals surface area contributed by atoms with Gasteiger partial charge in [-0.05, 0) is 25.2 Å². The Balaban J connectivity index is 5.00. The molecular formula is C19H35NO10S. The molecule has 0 rings (SSSR count). The number of nitrogens with one attached hydrogen (secondary N) is 1. The summed E-state index contributed by atoms with van der Waals surface area (Å²) in [6, 6.07) is 0. The van der Waals surface area contributed by atoms with Crippen LogP contribution in [0.2, 0.25) is 0 Å². The molecule has 0 aromatic carbocycles. The molecule has 0 aromatic heterocycles. The standard InChI is InChI=1S/C19H35NO10S/c1-13(2)12-29-18(25)28-10-6-8-15(19(4,5)16(22)17(23)24)30-31(26,27)11-7-9-20-14(3)21/h13,15-16,22H,6-12H2,1-5H3,(H,20,21)(H,23,24)/t15?,16-/m0/s1. The van der Waals surface area contributed by atoms with Gasteiger partial charge in [-0.25, -0.2) is 9.59 Å². The lowest BCUT2D eigenvalue weighted by molar-refractivity contribution is -0.158. The zero-order valence-electron chi connectivity index (χ0n) is 18.8. The SMILES string of the molecule is CC(=O)NCCCS(=O)(=O)OC(CCCOC(=O)OCC(C)C)C(C)(C)[C@@H](O)C(=O)O. The molecule has 0 fully saturated rings. The van der Waals surface area contributed by atoms with Crippen LogP contribution < -0.4 is 5.32 Å². The molecule has 2 atom stereocenters. The van der Waals surface area contributed by atoms with E-state index in [4.69, 9.17) is 18.8 Å². The molecule has 3 N–H and O–H groups in total. The Morgan fingerprint density at radius 2 is 1.71 bits per heavy atom. The lowest BCUT2D eigenvalue weighted by Gasteiger charge is -2.35. The lowest BCUT2D eigenvalue weighted by atomic mass is 9.79. The minimum absolute atomic E-state index is 0.000271. The number of carbonyl (C=O) groups excluding carboxylic acids is 2. The van der Waals surface area contributed by atoms with Gasteiger partial charge in [0, 0.05) is 18.9 Å². The number of hydrogen-bond donors (Lipinski definition) is 3. The van der Waals surface area contributed by atoms with Crippen molar-refractivity contribution in [3.63, 3.8) is 0 Å². The van der Waals surface area contributed by atoms with Gasteiger partial charge in [0.25, 0.3) is 10.1 Å². The average Bonchev–Trinajstić information content (AvgIpc) is 2.64. The summed E-state index contributed by atoms with van der Waals surface area (Å²) in [6.45, 7) is 8.01. The van der Waals surface area contributed by atoms with Gasteiger partial charge in [0.1, 0.15) is 0 Å². The molecule has 31 heavy (non-hydrogen) atoms. The molecule has 0 radical (unpaired) electrons. The highest BCUT2D eigenvalue weighted by Crippen LogP contribution is 2.32. The van der Waals surface area contributed by atoms with Crippen LogP contribution in [-0.4, -0.2) is 74.4 Å². The highest BCUT2D eigenvalue weighted by Gasteiger charge is 2.43. The van der Waals surface area contributed by atoms with Gasteiger partial charge in [-0.1, -0.05) is 27.7 Å². The van der Waals surface area contributed by atoms with E-state index in [1.165, 1.54) is 20.8 Å². The Labute approximate surface area is 183 Å². The van der Waals surface area contributed by atoms with Crippen molar-refractivity contribution in [2.24, 2.45) is 11.3 Å². The molecule has 0 aliphatic heterocycles. The smallest absolute Gasteiger partial charge is 0.479 e. The van der Waals surface area contributed by atoms with Gasteiger partial charge in [-0.2, -0.15) is 8.42 Å². The number of hydrogen-bond acceptors (Lipinski definition) is 9. The number of ether oxygens (including phenoxy) is 2. The average molecular weight is 470 g/mol. The zero-order valence-corrected chi connectivity index (χ0v) is 19.6. The zero-order chi connectivity index (χ0) is 24.2. The van der Waals surface area contributed by atoms with Crippen LogP contribution in [0.5, 0.6) is 0 Å². The molecule has 182 valence electrons. The number of aliphatic hydroxyl groups excluding tert-OH is 1. The molecule has 0 saturated carbocycles. The van der Waals surface area contributed by atoms with Crippen LogP contribution in [0.15, 0.2) is 0 Å². The van der Waals surface area contributed by atoms with E-state index in [1.54, 1.807) is 0 Å². The maximum absolute atomic E-state index is 12.3. The van der Waals surface area contributed by atoms with Crippen molar-refractivity contribution < 1.29 is 46.7 Å². The molecule has 1 unspecified atom stereocenters. The number of aliphatic hydroxyl groups is 1. The lowest BCUT2D eigenvalue weighted by Crippen LogP contribution is -2.47. The van der Waals surface area contributed by atoms with Crippen LogP contribution in [0.3, 0.4) is 0 Å². The van der Waals surface area contributed by atoms with Gasteiger partial charge in [0.15, 0.2) is 6.10 Å². The molecule has 11 nitrogen and oxygen atoms in total. The van der Waals surface area contributed by atoms with E-state index in [0.717, 1.165) is 0 Å². The fourth-order valence-electron chi connectivity index (χ4n) is 2.48. The second kappa shape index (κ2) is 13.5. The summed E-state index contributed by atoms with van der Waals surface area (Å²) >= 11 is 0. The van der Waals surface area contributed by atoms with Crippen molar-refractivity contribution in [3.05, 3.63) is 0 Å². The third-order valence-electron chi connectivity index (χ3n) is 4.34. The number of amides is 1. The minimum Gasteiger partial charge on any atom is -0.479 e. The van der Waals surface area contributed by atoms with Crippen LogP contribution >= 0.6 is 0 Å². The van der Waals surface area contributed by atoms with Gasteiger partial charge in [0.2, 0.25) is 5.91 Å². The highest BCUT2D eigenvalue weighted by molar-refractivity contribution is 7.86. The number of carboxylic acid groups (broad SMARTS) is 1. The molecule has 0 aromatic rings. The first-order chi connectivity index (χ1) is 14.2. The number of rotatable bonds is 15. The summed E-state index contributed by atoms with van der Waals surface area (Å²) in [5.74, 6) is -2.08. The van der Waals surface area contributed by atoms with Crippen LogP contribution in [-0.2, 0) is 33.4 Å². The Hall–Kier alpha value is -1.92. The van der Waals surface area contributed by atoms with E-state index in [9.17, 15) is 27.9 Å². The minimum atomic E-state index is -4.08. The van der Waals surface area contributed by atoms with Crippen LogP contribution in [0.4, 0.5) is 4.79 Å².